The van der Waals surface area contributed by atoms with Crippen LogP contribution in [0.1, 0.15) is 25.6 Å². The number of hydrogen-bond donors (Lipinski definition) is 1. The Labute approximate surface area is 168 Å². The normalized spacial score (nSPS) is 10.5. The molecule has 0 atom stereocenters. The zero-order valence-corrected chi connectivity index (χ0v) is 16.9. The van der Waals surface area contributed by atoms with Crippen molar-refractivity contribution in [1.29, 1.82) is 0 Å². The van der Waals surface area contributed by atoms with Crippen LogP contribution in [0.2, 0.25) is 0 Å². The molecular formula is C20H15BrFNO3S. The van der Waals surface area contributed by atoms with E-state index in [0.29, 0.717) is 21.7 Å². The zero-order chi connectivity index (χ0) is 19.6. The first-order chi connectivity index (χ1) is 12.9. The SMILES string of the molecule is COC(=O)c1c(NC(=O)c2ccc(Br)cc2)sc(C)c1-c1ccc(F)cc1. The summed E-state index contributed by atoms with van der Waals surface area (Å²) in [5, 5.41) is 3.19. The molecular weight excluding hydrogens is 433 g/mol. The summed E-state index contributed by atoms with van der Waals surface area (Å²) in [5.41, 5.74) is 2.02. The van der Waals surface area contributed by atoms with Crippen LogP contribution in [-0.4, -0.2) is 19.0 Å². The lowest BCUT2D eigenvalue weighted by molar-refractivity contribution is 0.0603. The van der Waals surface area contributed by atoms with Crippen LogP contribution in [0.5, 0.6) is 0 Å². The third-order valence-electron chi connectivity index (χ3n) is 3.94. The van der Waals surface area contributed by atoms with E-state index in [-0.39, 0.29) is 17.3 Å². The van der Waals surface area contributed by atoms with Crippen LogP contribution in [0.25, 0.3) is 11.1 Å². The van der Waals surface area contributed by atoms with Crippen molar-refractivity contribution in [2.24, 2.45) is 0 Å². The van der Waals surface area contributed by atoms with E-state index in [0.717, 1.165) is 9.35 Å². The number of aryl methyl sites for hydroxylation is 1. The second-order valence-corrected chi connectivity index (χ2v) is 7.84. The molecule has 1 aromatic heterocycles. The van der Waals surface area contributed by atoms with Crippen molar-refractivity contribution in [1.82, 2.24) is 0 Å². The Balaban J connectivity index is 2.04. The van der Waals surface area contributed by atoms with Gasteiger partial charge in [-0.3, -0.25) is 4.79 Å². The highest BCUT2D eigenvalue weighted by atomic mass is 79.9. The number of thiophene rings is 1. The van der Waals surface area contributed by atoms with Gasteiger partial charge in [0.15, 0.2) is 0 Å². The summed E-state index contributed by atoms with van der Waals surface area (Å²) in [6.45, 7) is 1.84. The predicted octanol–water partition coefficient (Wildman–Crippen LogP) is 5.66. The number of anilines is 1. The number of amides is 1. The molecule has 3 aromatic rings. The third kappa shape index (κ3) is 4.09. The van der Waals surface area contributed by atoms with Crippen LogP contribution in [-0.2, 0) is 4.74 Å². The number of nitrogens with one attached hydrogen (secondary N) is 1. The fourth-order valence-corrected chi connectivity index (χ4v) is 3.99. The number of halogens is 2. The summed E-state index contributed by atoms with van der Waals surface area (Å²) in [6, 6.07) is 12.7. The molecule has 0 saturated heterocycles. The second kappa shape index (κ2) is 8.02. The van der Waals surface area contributed by atoms with Crippen LogP contribution < -0.4 is 5.32 Å². The maximum atomic E-state index is 13.3. The van der Waals surface area contributed by atoms with Crippen molar-refractivity contribution < 1.29 is 18.7 Å². The molecule has 0 unspecified atom stereocenters. The molecule has 1 N–H and O–H groups in total. The highest BCUT2D eigenvalue weighted by Crippen LogP contribution is 2.40. The molecule has 0 spiro atoms. The maximum Gasteiger partial charge on any atom is 0.341 e. The van der Waals surface area contributed by atoms with Gasteiger partial charge in [0.2, 0.25) is 0 Å². The lowest BCUT2D eigenvalue weighted by Gasteiger charge is -2.08. The Kier molecular flexibility index (Phi) is 5.72. The first-order valence-corrected chi connectivity index (χ1v) is 9.56. The van der Waals surface area contributed by atoms with Crippen LogP contribution in [0.4, 0.5) is 9.39 Å². The minimum atomic E-state index is -0.565. The average Bonchev–Trinajstić information content (AvgIpc) is 2.98. The Morgan fingerprint density at radius 2 is 1.70 bits per heavy atom. The molecule has 0 aliphatic rings. The largest absolute Gasteiger partial charge is 0.465 e. The first kappa shape index (κ1) is 19.3. The third-order valence-corrected chi connectivity index (χ3v) is 5.49. The van der Waals surface area contributed by atoms with Crippen molar-refractivity contribution in [3.8, 4) is 11.1 Å². The van der Waals surface area contributed by atoms with E-state index in [4.69, 9.17) is 4.74 Å². The molecule has 7 heteroatoms. The Morgan fingerprint density at radius 1 is 1.07 bits per heavy atom. The number of ether oxygens (including phenoxy) is 1. The molecule has 1 amide bonds. The molecule has 0 aliphatic carbocycles. The summed E-state index contributed by atoms with van der Waals surface area (Å²) in [6.07, 6.45) is 0. The van der Waals surface area contributed by atoms with E-state index in [1.807, 2.05) is 6.92 Å². The smallest absolute Gasteiger partial charge is 0.341 e. The number of methoxy groups -OCH3 is 1. The van der Waals surface area contributed by atoms with Gasteiger partial charge in [0.1, 0.15) is 16.4 Å². The first-order valence-electron chi connectivity index (χ1n) is 7.95. The monoisotopic (exact) mass is 447 g/mol. The van der Waals surface area contributed by atoms with E-state index < -0.39 is 5.97 Å². The minimum Gasteiger partial charge on any atom is -0.465 e. The molecule has 4 nitrogen and oxygen atoms in total. The van der Waals surface area contributed by atoms with Crippen LogP contribution in [0.15, 0.2) is 53.0 Å². The highest BCUT2D eigenvalue weighted by Gasteiger charge is 2.25. The van der Waals surface area contributed by atoms with E-state index in [9.17, 15) is 14.0 Å². The van der Waals surface area contributed by atoms with Crippen molar-refractivity contribution >= 4 is 44.1 Å². The molecule has 1 heterocycles. The van der Waals surface area contributed by atoms with Crippen molar-refractivity contribution in [3.63, 3.8) is 0 Å². The minimum absolute atomic E-state index is 0.261. The average molecular weight is 448 g/mol. The Bertz CT molecular complexity index is 997. The summed E-state index contributed by atoms with van der Waals surface area (Å²) < 4.78 is 19.0. The van der Waals surface area contributed by atoms with Gasteiger partial charge in [0, 0.05) is 20.5 Å². The molecule has 27 heavy (non-hydrogen) atoms. The van der Waals surface area contributed by atoms with Gasteiger partial charge in [-0.2, -0.15) is 0 Å². The van der Waals surface area contributed by atoms with Gasteiger partial charge in [0.25, 0.3) is 5.91 Å². The quantitative estimate of drug-likeness (QED) is 0.524. The lowest BCUT2D eigenvalue weighted by Crippen LogP contribution is -2.14. The number of benzene rings is 2. The molecule has 0 aliphatic heterocycles. The molecule has 0 bridgehead atoms. The van der Waals surface area contributed by atoms with Gasteiger partial charge in [-0.1, -0.05) is 28.1 Å². The van der Waals surface area contributed by atoms with E-state index in [2.05, 4.69) is 21.2 Å². The maximum absolute atomic E-state index is 13.3. The number of esters is 1. The van der Waals surface area contributed by atoms with Gasteiger partial charge in [-0.25, -0.2) is 9.18 Å². The predicted molar refractivity (Wildman–Crippen MR) is 108 cm³/mol. The van der Waals surface area contributed by atoms with E-state index >= 15 is 0 Å². The fraction of sp³-hybridized carbons (Fsp3) is 0.100. The van der Waals surface area contributed by atoms with Gasteiger partial charge >= 0.3 is 5.97 Å². The number of hydrogen-bond acceptors (Lipinski definition) is 4. The summed E-state index contributed by atoms with van der Waals surface area (Å²) in [5.74, 6) is -1.26. The topological polar surface area (TPSA) is 55.4 Å². The lowest BCUT2D eigenvalue weighted by atomic mass is 10.0. The molecule has 2 aromatic carbocycles. The second-order valence-electron chi connectivity index (χ2n) is 5.70. The van der Waals surface area contributed by atoms with Gasteiger partial charge < -0.3 is 10.1 Å². The van der Waals surface area contributed by atoms with Crippen LogP contribution in [0, 0.1) is 12.7 Å². The number of rotatable bonds is 4. The molecule has 0 saturated carbocycles. The fourth-order valence-electron chi connectivity index (χ4n) is 2.67. The molecule has 0 fully saturated rings. The number of carbonyl (C=O) groups excluding carboxylic acids is 2. The zero-order valence-electron chi connectivity index (χ0n) is 14.5. The van der Waals surface area contributed by atoms with Crippen LogP contribution in [0.3, 0.4) is 0 Å². The Hall–Kier alpha value is -2.51. The molecule has 0 radical (unpaired) electrons. The molecule has 3 rings (SSSR count). The van der Waals surface area contributed by atoms with Gasteiger partial charge in [-0.15, -0.1) is 11.3 Å². The standard InChI is InChI=1S/C20H15BrFNO3S/c1-11-16(12-5-9-15(22)10-6-12)17(20(25)26-2)19(27-11)23-18(24)13-3-7-14(21)8-4-13/h3-10H,1-2H3,(H,23,24). The highest BCUT2D eigenvalue weighted by molar-refractivity contribution is 9.10. The number of carbonyl (C=O) groups is 2. The van der Waals surface area contributed by atoms with Crippen molar-refractivity contribution in [2.75, 3.05) is 12.4 Å². The molecule has 138 valence electrons. The Morgan fingerprint density at radius 3 is 2.30 bits per heavy atom. The summed E-state index contributed by atoms with van der Waals surface area (Å²) in [4.78, 5) is 25.8. The van der Waals surface area contributed by atoms with Gasteiger partial charge in [0.05, 0.1) is 7.11 Å². The van der Waals surface area contributed by atoms with Crippen molar-refractivity contribution in [2.45, 2.75) is 6.92 Å². The van der Waals surface area contributed by atoms with Crippen LogP contribution >= 0.6 is 27.3 Å². The van der Waals surface area contributed by atoms with E-state index in [1.54, 1.807) is 36.4 Å². The van der Waals surface area contributed by atoms with Crippen molar-refractivity contribution in [3.05, 3.63) is 74.8 Å². The summed E-state index contributed by atoms with van der Waals surface area (Å²) in [7, 11) is 1.28. The van der Waals surface area contributed by atoms with Gasteiger partial charge in [-0.05, 0) is 48.9 Å². The van der Waals surface area contributed by atoms with E-state index in [1.165, 1.54) is 30.6 Å². The summed E-state index contributed by atoms with van der Waals surface area (Å²) >= 11 is 4.60.